The molecule has 1 aromatic rings. The Morgan fingerprint density at radius 1 is 1.37 bits per heavy atom. The number of carboxylic acids is 1. The minimum absolute atomic E-state index is 0.0947. The molecule has 3 heteroatoms. The van der Waals surface area contributed by atoms with Crippen LogP contribution in [0.5, 0.6) is 0 Å². The van der Waals surface area contributed by atoms with Gasteiger partial charge in [0, 0.05) is 5.41 Å². The van der Waals surface area contributed by atoms with Gasteiger partial charge < -0.3 is 9.84 Å². The van der Waals surface area contributed by atoms with Crippen LogP contribution >= 0.6 is 0 Å². The van der Waals surface area contributed by atoms with Gasteiger partial charge in [-0.3, -0.25) is 4.79 Å². The molecular weight excluding hydrogens is 240 g/mol. The second-order valence-electron chi connectivity index (χ2n) is 5.66. The number of carboxylic acid groups (broad SMARTS) is 1. The van der Waals surface area contributed by atoms with Crippen molar-refractivity contribution in [2.45, 2.75) is 38.5 Å². The summed E-state index contributed by atoms with van der Waals surface area (Å²) in [6.45, 7) is 5.22. The van der Waals surface area contributed by atoms with Crippen molar-refractivity contribution in [2.24, 2.45) is 5.92 Å². The van der Waals surface area contributed by atoms with Crippen molar-refractivity contribution in [3.05, 3.63) is 35.4 Å². The number of benzene rings is 1. The highest BCUT2D eigenvalue weighted by molar-refractivity contribution is 5.69. The van der Waals surface area contributed by atoms with E-state index in [2.05, 4.69) is 31.2 Å². The molecule has 1 fully saturated rings. The molecule has 1 atom stereocenters. The van der Waals surface area contributed by atoms with Crippen molar-refractivity contribution >= 4 is 5.97 Å². The summed E-state index contributed by atoms with van der Waals surface area (Å²) in [6, 6.07) is 8.60. The van der Waals surface area contributed by atoms with E-state index in [0.29, 0.717) is 19.6 Å². The highest BCUT2D eigenvalue weighted by atomic mass is 16.5. The Hall–Kier alpha value is -1.35. The van der Waals surface area contributed by atoms with Gasteiger partial charge in [-0.1, -0.05) is 44.5 Å². The van der Waals surface area contributed by atoms with E-state index in [9.17, 15) is 4.79 Å². The Labute approximate surface area is 114 Å². The van der Waals surface area contributed by atoms with E-state index in [1.165, 1.54) is 11.1 Å². The number of hydrogen-bond acceptors (Lipinski definition) is 2. The van der Waals surface area contributed by atoms with E-state index in [0.717, 1.165) is 12.8 Å². The molecule has 1 aliphatic heterocycles. The molecule has 1 aromatic carbocycles. The van der Waals surface area contributed by atoms with Crippen molar-refractivity contribution in [1.29, 1.82) is 0 Å². The van der Waals surface area contributed by atoms with Crippen LogP contribution in [0.4, 0.5) is 0 Å². The van der Waals surface area contributed by atoms with Gasteiger partial charge in [0.05, 0.1) is 19.1 Å². The monoisotopic (exact) mass is 262 g/mol. The number of carbonyl (C=O) groups is 1. The maximum Gasteiger partial charge on any atom is 0.306 e. The first-order valence-corrected chi connectivity index (χ1v) is 6.97. The molecule has 0 spiro atoms. The zero-order chi connectivity index (χ0) is 13.9. The summed E-state index contributed by atoms with van der Waals surface area (Å²) in [6.07, 6.45) is 2.88. The van der Waals surface area contributed by atoms with Crippen molar-refractivity contribution < 1.29 is 14.6 Å². The van der Waals surface area contributed by atoms with E-state index in [4.69, 9.17) is 9.84 Å². The van der Waals surface area contributed by atoms with Crippen LogP contribution in [-0.2, 0) is 21.4 Å². The Morgan fingerprint density at radius 2 is 2.00 bits per heavy atom. The average molecular weight is 262 g/mol. The van der Waals surface area contributed by atoms with E-state index in [-0.39, 0.29) is 11.3 Å². The van der Waals surface area contributed by atoms with Gasteiger partial charge in [-0.05, 0) is 24.0 Å². The number of ether oxygens (including phenoxy) is 1. The molecule has 0 bridgehead atoms. The van der Waals surface area contributed by atoms with Crippen LogP contribution in [-0.4, -0.2) is 24.3 Å². The summed E-state index contributed by atoms with van der Waals surface area (Å²) in [4.78, 5) is 11.0. The molecule has 0 amide bonds. The topological polar surface area (TPSA) is 46.5 Å². The van der Waals surface area contributed by atoms with Gasteiger partial charge in [-0.2, -0.15) is 0 Å². The van der Waals surface area contributed by atoms with Gasteiger partial charge in [-0.25, -0.2) is 0 Å². The maximum absolute atomic E-state index is 11.0. The summed E-state index contributed by atoms with van der Waals surface area (Å²) in [5.74, 6) is -1.06. The SMILES string of the molecule is CCCc1ccc(C2(CC(C)C(=O)O)COC2)cc1. The van der Waals surface area contributed by atoms with Gasteiger partial charge in [0.15, 0.2) is 0 Å². The summed E-state index contributed by atoms with van der Waals surface area (Å²) >= 11 is 0. The third-order valence-electron chi connectivity index (χ3n) is 3.98. The Bertz CT molecular complexity index is 432. The number of aryl methyl sites for hydroxylation is 1. The normalized spacial score (nSPS) is 18.6. The molecular formula is C16H22O3. The summed E-state index contributed by atoms with van der Waals surface area (Å²) in [5, 5.41) is 9.09. The third kappa shape index (κ3) is 2.98. The fraction of sp³-hybridized carbons (Fsp3) is 0.562. The van der Waals surface area contributed by atoms with Gasteiger partial charge in [0.25, 0.3) is 0 Å². The lowest BCUT2D eigenvalue weighted by Gasteiger charge is -2.43. The molecule has 0 saturated carbocycles. The number of aliphatic carboxylic acids is 1. The van der Waals surface area contributed by atoms with Crippen molar-refractivity contribution in [2.75, 3.05) is 13.2 Å². The standard InChI is InChI=1S/C16H22O3/c1-3-4-13-5-7-14(8-6-13)16(10-19-11-16)9-12(2)15(17)18/h5-8,12H,3-4,9-11H2,1-2H3,(H,17,18). The van der Waals surface area contributed by atoms with Crippen molar-refractivity contribution in [1.82, 2.24) is 0 Å². The van der Waals surface area contributed by atoms with Crippen LogP contribution in [0.2, 0.25) is 0 Å². The van der Waals surface area contributed by atoms with Crippen LogP contribution in [0.15, 0.2) is 24.3 Å². The van der Waals surface area contributed by atoms with Gasteiger partial charge in [0.1, 0.15) is 0 Å². The van der Waals surface area contributed by atoms with Crippen molar-refractivity contribution in [3.63, 3.8) is 0 Å². The van der Waals surface area contributed by atoms with Crippen LogP contribution < -0.4 is 0 Å². The fourth-order valence-corrected chi connectivity index (χ4v) is 2.74. The average Bonchev–Trinajstić information content (AvgIpc) is 2.35. The molecule has 1 N–H and O–H groups in total. The minimum Gasteiger partial charge on any atom is -0.481 e. The second-order valence-corrected chi connectivity index (χ2v) is 5.66. The quantitative estimate of drug-likeness (QED) is 0.857. The number of rotatable bonds is 6. The first-order valence-electron chi connectivity index (χ1n) is 6.97. The molecule has 1 saturated heterocycles. The largest absolute Gasteiger partial charge is 0.481 e. The molecule has 1 unspecified atom stereocenters. The Kier molecular flexibility index (Phi) is 4.25. The van der Waals surface area contributed by atoms with E-state index < -0.39 is 5.97 Å². The summed E-state index contributed by atoms with van der Waals surface area (Å²) in [7, 11) is 0. The molecule has 3 nitrogen and oxygen atoms in total. The first kappa shape index (κ1) is 14.1. The molecule has 104 valence electrons. The summed E-state index contributed by atoms with van der Waals surface area (Å²) in [5.41, 5.74) is 2.46. The van der Waals surface area contributed by atoms with Gasteiger partial charge >= 0.3 is 5.97 Å². The molecule has 0 aliphatic carbocycles. The van der Waals surface area contributed by atoms with Crippen LogP contribution in [0.25, 0.3) is 0 Å². The highest BCUT2D eigenvalue weighted by Gasteiger charge is 2.42. The zero-order valence-corrected chi connectivity index (χ0v) is 11.7. The first-order chi connectivity index (χ1) is 9.07. The van der Waals surface area contributed by atoms with Crippen LogP contribution in [0.3, 0.4) is 0 Å². The predicted molar refractivity (Wildman–Crippen MR) is 74.4 cm³/mol. The van der Waals surface area contributed by atoms with Crippen LogP contribution in [0, 0.1) is 5.92 Å². The lowest BCUT2D eigenvalue weighted by molar-refractivity contribution is -0.144. The second kappa shape index (κ2) is 5.74. The van der Waals surface area contributed by atoms with E-state index >= 15 is 0 Å². The minimum atomic E-state index is -0.728. The molecule has 0 radical (unpaired) electrons. The summed E-state index contributed by atoms with van der Waals surface area (Å²) < 4.78 is 5.36. The lowest BCUT2D eigenvalue weighted by atomic mass is 9.72. The Balaban J connectivity index is 2.14. The van der Waals surface area contributed by atoms with Crippen molar-refractivity contribution in [3.8, 4) is 0 Å². The molecule has 2 rings (SSSR count). The van der Waals surface area contributed by atoms with E-state index in [1.807, 2.05) is 0 Å². The molecule has 19 heavy (non-hydrogen) atoms. The Morgan fingerprint density at radius 3 is 2.42 bits per heavy atom. The van der Waals surface area contributed by atoms with E-state index in [1.54, 1.807) is 6.92 Å². The van der Waals surface area contributed by atoms with Gasteiger partial charge in [-0.15, -0.1) is 0 Å². The highest BCUT2D eigenvalue weighted by Crippen LogP contribution is 2.38. The smallest absolute Gasteiger partial charge is 0.306 e. The molecule has 1 aliphatic rings. The molecule has 0 aromatic heterocycles. The number of hydrogen-bond donors (Lipinski definition) is 1. The predicted octanol–water partition coefficient (Wildman–Crippen LogP) is 3.02. The maximum atomic E-state index is 11.0. The lowest BCUT2D eigenvalue weighted by Crippen LogP contribution is -2.48. The van der Waals surface area contributed by atoms with Crippen LogP contribution in [0.1, 0.15) is 37.8 Å². The third-order valence-corrected chi connectivity index (χ3v) is 3.98. The zero-order valence-electron chi connectivity index (χ0n) is 11.7. The van der Waals surface area contributed by atoms with Gasteiger partial charge in [0.2, 0.25) is 0 Å². The fourth-order valence-electron chi connectivity index (χ4n) is 2.74. The molecule has 1 heterocycles.